The molecule has 1 aliphatic carbocycles. The average Bonchev–Trinajstić information content (AvgIpc) is 2.47. The maximum atomic E-state index is 11.9. The monoisotopic (exact) mass is 309 g/mol. The number of carbonyl (C=O) groups excluding carboxylic acids is 2. The molecular weight excluding hydrogens is 290 g/mol. The Morgan fingerprint density at radius 3 is 2.86 bits per heavy atom. The minimum Gasteiger partial charge on any atom is -0.352 e. The van der Waals surface area contributed by atoms with E-state index >= 15 is 0 Å². The van der Waals surface area contributed by atoms with E-state index in [9.17, 15) is 9.59 Å². The summed E-state index contributed by atoms with van der Waals surface area (Å²) < 4.78 is 0. The molecule has 21 heavy (non-hydrogen) atoms. The summed E-state index contributed by atoms with van der Waals surface area (Å²) in [5.41, 5.74) is 0.210. The fourth-order valence-electron chi connectivity index (χ4n) is 2.57. The normalized spacial score (nSPS) is 21.6. The predicted octanol–water partition coefficient (Wildman–Crippen LogP) is 2.16. The van der Waals surface area contributed by atoms with Gasteiger partial charge in [0.1, 0.15) is 5.69 Å². The third kappa shape index (κ3) is 4.70. The maximum absolute atomic E-state index is 11.9. The summed E-state index contributed by atoms with van der Waals surface area (Å²) >= 11 is 5.80. The molecule has 1 saturated carbocycles. The summed E-state index contributed by atoms with van der Waals surface area (Å²) in [4.78, 5) is 27.6. The van der Waals surface area contributed by atoms with Crippen molar-refractivity contribution in [2.75, 3.05) is 6.54 Å². The molecule has 2 rings (SSSR count). The Morgan fingerprint density at radius 2 is 2.14 bits per heavy atom. The van der Waals surface area contributed by atoms with Crippen molar-refractivity contribution >= 4 is 23.4 Å². The van der Waals surface area contributed by atoms with E-state index in [4.69, 9.17) is 11.6 Å². The Balaban J connectivity index is 1.79. The molecule has 0 spiro atoms. The second-order valence-electron chi connectivity index (χ2n) is 5.48. The number of rotatable bonds is 4. The molecule has 1 aliphatic rings. The van der Waals surface area contributed by atoms with Gasteiger partial charge in [0.15, 0.2) is 0 Å². The first kappa shape index (κ1) is 15.8. The van der Waals surface area contributed by atoms with Crippen molar-refractivity contribution in [1.82, 2.24) is 15.6 Å². The van der Waals surface area contributed by atoms with Gasteiger partial charge in [0.2, 0.25) is 5.91 Å². The number of nitrogens with zero attached hydrogens (tertiary/aromatic N) is 1. The first-order valence-electron chi connectivity index (χ1n) is 7.25. The number of amides is 2. The van der Waals surface area contributed by atoms with Gasteiger partial charge in [-0.05, 0) is 30.9 Å². The number of carbonyl (C=O) groups is 2. The van der Waals surface area contributed by atoms with E-state index in [2.05, 4.69) is 22.5 Å². The predicted molar refractivity (Wildman–Crippen MR) is 81.1 cm³/mol. The highest BCUT2D eigenvalue weighted by molar-refractivity contribution is 6.30. The van der Waals surface area contributed by atoms with Gasteiger partial charge in [-0.1, -0.05) is 31.4 Å². The molecule has 0 saturated heterocycles. The molecule has 1 heterocycles. The molecule has 0 unspecified atom stereocenters. The van der Waals surface area contributed by atoms with Crippen LogP contribution in [0.25, 0.3) is 0 Å². The molecule has 1 aromatic heterocycles. The number of pyridine rings is 1. The van der Waals surface area contributed by atoms with Crippen molar-refractivity contribution in [3.63, 3.8) is 0 Å². The molecule has 2 N–H and O–H groups in total. The van der Waals surface area contributed by atoms with E-state index < -0.39 is 5.91 Å². The van der Waals surface area contributed by atoms with Crippen molar-refractivity contribution in [3.8, 4) is 0 Å². The topological polar surface area (TPSA) is 71.1 Å². The Kier molecular flexibility index (Phi) is 5.56. The van der Waals surface area contributed by atoms with Crippen LogP contribution < -0.4 is 10.6 Å². The van der Waals surface area contributed by atoms with Crippen LogP contribution in [-0.4, -0.2) is 29.4 Å². The van der Waals surface area contributed by atoms with Gasteiger partial charge in [-0.2, -0.15) is 0 Å². The SMILES string of the molecule is C[C@@H]1CCCC[C@@H]1NC(=O)CNC(=O)c1cc(Cl)ccn1. The number of hydrogen-bond acceptors (Lipinski definition) is 3. The van der Waals surface area contributed by atoms with Crippen molar-refractivity contribution in [1.29, 1.82) is 0 Å². The van der Waals surface area contributed by atoms with Crippen LogP contribution in [-0.2, 0) is 4.79 Å². The van der Waals surface area contributed by atoms with Crippen LogP contribution in [0, 0.1) is 5.92 Å². The van der Waals surface area contributed by atoms with Gasteiger partial charge in [0.25, 0.3) is 5.91 Å². The van der Waals surface area contributed by atoms with Crippen molar-refractivity contribution in [2.45, 2.75) is 38.6 Å². The molecule has 2 amide bonds. The molecular formula is C15H20ClN3O2. The molecule has 0 aromatic carbocycles. The highest BCUT2D eigenvalue weighted by Gasteiger charge is 2.22. The van der Waals surface area contributed by atoms with Crippen LogP contribution in [0.4, 0.5) is 0 Å². The number of halogens is 1. The molecule has 0 aliphatic heterocycles. The highest BCUT2D eigenvalue weighted by atomic mass is 35.5. The largest absolute Gasteiger partial charge is 0.352 e. The quantitative estimate of drug-likeness (QED) is 0.895. The zero-order chi connectivity index (χ0) is 15.2. The smallest absolute Gasteiger partial charge is 0.270 e. The fourth-order valence-corrected chi connectivity index (χ4v) is 2.73. The Bertz CT molecular complexity index is 521. The van der Waals surface area contributed by atoms with Gasteiger partial charge in [0, 0.05) is 17.3 Å². The first-order chi connectivity index (χ1) is 10.1. The summed E-state index contributed by atoms with van der Waals surface area (Å²) in [7, 11) is 0. The van der Waals surface area contributed by atoms with Gasteiger partial charge >= 0.3 is 0 Å². The third-order valence-corrected chi connectivity index (χ3v) is 4.06. The molecule has 1 aromatic rings. The minimum absolute atomic E-state index is 0.0454. The van der Waals surface area contributed by atoms with Crippen LogP contribution in [0.1, 0.15) is 43.1 Å². The van der Waals surface area contributed by atoms with Gasteiger partial charge in [-0.25, -0.2) is 0 Å². The average molecular weight is 310 g/mol. The second kappa shape index (κ2) is 7.41. The lowest BCUT2D eigenvalue weighted by Crippen LogP contribution is -2.45. The van der Waals surface area contributed by atoms with Gasteiger partial charge < -0.3 is 10.6 Å². The molecule has 6 heteroatoms. The standard InChI is InChI=1S/C15H20ClN3O2/c1-10-4-2-3-5-12(10)19-14(20)9-18-15(21)13-8-11(16)6-7-17-13/h6-8,10,12H,2-5,9H2,1H3,(H,18,21)(H,19,20)/t10-,12+/m1/s1. The third-order valence-electron chi connectivity index (χ3n) is 3.82. The highest BCUT2D eigenvalue weighted by Crippen LogP contribution is 2.23. The number of aromatic nitrogens is 1. The van der Waals surface area contributed by atoms with Crippen LogP contribution in [0.5, 0.6) is 0 Å². The molecule has 2 atom stereocenters. The lowest BCUT2D eigenvalue weighted by molar-refractivity contribution is -0.121. The Labute approximate surface area is 129 Å². The second-order valence-corrected chi connectivity index (χ2v) is 5.91. The Morgan fingerprint density at radius 1 is 1.38 bits per heavy atom. The summed E-state index contributed by atoms with van der Waals surface area (Å²) in [6.45, 7) is 2.11. The number of hydrogen-bond donors (Lipinski definition) is 2. The van der Waals surface area contributed by atoms with E-state index in [1.54, 1.807) is 6.07 Å². The van der Waals surface area contributed by atoms with E-state index in [1.807, 2.05) is 0 Å². The van der Waals surface area contributed by atoms with Crippen molar-refractivity contribution < 1.29 is 9.59 Å². The summed E-state index contributed by atoms with van der Waals surface area (Å²) in [5, 5.41) is 5.99. The molecule has 0 bridgehead atoms. The zero-order valence-corrected chi connectivity index (χ0v) is 12.8. The maximum Gasteiger partial charge on any atom is 0.270 e. The molecule has 1 fully saturated rings. The van der Waals surface area contributed by atoms with Crippen LogP contribution in [0.15, 0.2) is 18.3 Å². The molecule has 0 radical (unpaired) electrons. The lowest BCUT2D eigenvalue weighted by atomic mass is 9.86. The van der Waals surface area contributed by atoms with Crippen LogP contribution in [0.2, 0.25) is 5.02 Å². The van der Waals surface area contributed by atoms with E-state index in [-0.39, 0.29) is 24.2 Å². The van der Waals surface area contributed by atoms with Gasteiger partial charge in [-0.3, -0.25) is 14.6 Å². The van der Waals surface area contributed by atoms with Gasteiger partial charge in [0.05, 0.1) is 6.54 Å². The Hall–Kier alpha value is -1.62. The van der Waals surface area contributed by atoms with Crippen LogP contribution >= 0.6 is 11.6 Å². The lowest BCUT2D eigenvalue weighted by Gasteiger charge is -2.29. The fraction of sp³-hybridized carbons (Fsp3) is 0.533. The first-order valence-corrected chi connectivity index (χ1v) is 7.63. The molecule has 114 valence electrons. The zero-order valence-electron chi connectivity index (χ0n) is 12.1. The minimum atomic E-state index is -0.399. The van der Waals surface area contributed by atoms with Crippen molar-refractivity contribution in [3.05, 3.63) is 29.0 Å². The van der Waals surface area contributed by atoms with Gasteiger partial charge in [-0.15, -0.1) is 0 Å². The number of nitrogens with one attached hydrogen (secondary N) is 2. The van der Waals surface area contributed by atoms with E-state index in [0.29, 0.717) is 10.9 Å². The van der Waals surface area contributed by atoms with E-state index in [0.717, 1.165) is 19.3 Å². The van der Waals surface area contributed by atoms with E-state index in [1.165, 1.54) is 18.7 Å². The molecule has 5 nitrogen and oxygen atoms in total. The summed E-state index contributed by atoms with van der Waals surface area (Å²) in [6.07, 6.45) is 5.99. The summed E-state index contributed by atoms with van der Waals surface area (Å²) in [6, 6.07) is 3.28. The summed E-state index contributed by atoms with van der Waals surface area (Å²) in [5.74, 6) is -0.0681. The van der Waals surface area contributed by atoms with Crippen molar-refractivity contribution in [2.24, 2.45) is 5.92 Å². The van der Waals surface area contributed by atoms with Crippen LogP contribution in [0.3, 0.4) is 0 Å².